The van der Waals surface area contributed by atoms with E-state index in [-0.39, 0.29) is 0 Å². The summed E-state index contributed by atoms with van der Waals surface area (Å²) in [6, 6.07) is 17.1. The summed E-state index contributed by atoms with van der Waals surface area (Å²) in [5, 5.41) is 10.7. The second kappa shape index (κ2) is 6.89. The molecule has 1 unspecified atom stereocenters. The van der Waals surface area contributed by atoms with Crippen molar-refractivity contribution in [1.82, 2.24) is 4.90 Å². The van der Waals surface area contributed by atoms with Crippen molar-refractivity contribution in [3.63, 3.8) is 0 Å². The Labute approximate surface area is 141 Å². The SMILES string of the molecule is Cc1cc2cccc(CN(C)C(Cc3ccccc3)C(=O)O)c2o1. The lowest BCUT2D eigenvalue weighted by atomic mass is 10.0. The van der Waals surface area contributed by atoms with E-state index in [1.54, 1.807) is 0 Å². The zero-order chi connectivity index (χ0) is 17.1. The molecule has 0 fully saturated rings. The quantitative estimate of drug-likeness (QED) is 0.748. The first-order valence-corrected chi connectivity index (χ1v) is 7.99. The second-order valence-corrected chi connectivity index (χ2v) is 6.15. The minimum absolute atomic E-state index is 0.472. The molecule has 1 atom stereocenters. The molecular weight excluding hydrogens is 302 g/mol. The zero-order valence-corrected chi connectivity index (χ0v) is 13.9. The van der Waals surface area contributed by atoms with E-state index in [0.717, 1.165) is 27.9 Å². The van der Waals surface area contributed by atoms with E-state index in [2.05, 4.69) is 0 Å². The van der Waals surface area contributed by atoms with Gasteiger partial charge in [-0.2, -0.15) is 0 Å². The third-order valence-electron chi connectivity index (χ3n) is 4.26. The van der Waals surface area contributed by atoms with Crippen LogP contribution in [0.1, 0.15) is 16.9 Å². The summed E-state index contributed by atoms with van der Waals surface area (Å²) in [7, 11) is 1.84. The van der Waals surface area contributed by atoms with Crippen molar-refractivity contribution in [3.8, 4) is 0 Å². The highest BCUT2D eigenvalue weighted by Gasteiger charge is 2.24. The van der Waals surface area contributed by atoms with Crippen LogP contribution in [0.3, 0.4) is 0 Å². The molecule has 0 aliphatic rings. The van der Waals surface area contributed by atoms with Gasteiger partial charge in [0.2, 0.25) is 0 Å². The van der Waals surface area contributed by atoms with Crippen molar-refractivity contribution in [3.05, 3.63) is 71.5 Å². The number of likely N-dealkylation sites (N-methyl/N-ethyl adjacent to an activating group) is 1. The van der Waals surface area contributed by atoms with E-state index in [0.29, 0.717) is 13.0 Å². The van der Waals surface area contributed by atoms with Crippen LogP contribution in [0.4, 0.5) is 0 Å². The van der Waals surface area contributed by atoms with Gasteiger partial charge in [-0.15, -0.1) is 0 Å². The van der Waals surface area contributed by atoms with Crippen molar-refractivity contribution < 1.29 is 14.3 Å². The number of para-hydroxylation sites is 1. The first-order valence-electron chi connectivity index (χ1n) is 7.99. The van der Waals surface area contributed by atoms with Crippen LogP contribution in [0.25, 0.3) is 11.0 Å². The lowest BCUT2D eigenvalue weighted by molar-refractivity contribution is -0.142. The number of furan rings is 1. The lowest BCUT2D eigenvalue weighted by Gasteiger charge is -2.24. The fourth-order valence-corrected chi connectivity index (χ4v) is 3.02. The van der Waals surface area contributed by atoms with Crippen LogP contribution in [0.2, 0.25) is 0 Å². The van der Waals surface area contributed by atoms with Crippen LogP contribution < -0.4 is 0 Å². The fraction of sp³-hybridized carbons (Fsp3) is 0.250. The van der Waals surface area contributed by atoms with Gasteiger partial charge in [0.15, 0.2) is 0 Å². The maximum Gasteiger partial charge on any atom is 0.321 e. The summed E-state index contributed by atoms with van der Waals surface area (Å²) >= 11 is 0. The number of fused-ring (bicyclic) bond motifs is 1. The topological polar surface area (TPSA) is 53.7 Å². The van der Waals surface area contributed by atoms with Crippen LogP contribution in [-0.2, 0) is 17.8 Å². The fourth-order valence-electron chi connectivity index (χ4n) is 3.02. The molecule has 1 N–H and O–H groups in total. The van der Waals surface area contributed by atoms with Gasteiger partial charge in [0.25, 0.3) is 0 Å². The first-order chi connectivity index (χ1) is 11.5. The Morgan fingerprint density at radius 3 is 2.62 bits per heavy atom. The van der Waals surface area contributed by atoms with Gasteiger partial charge in [0.05, 0.1) is 0 Å². The number of carboxylic acids is 1. The molecule has 3 aromatic rings. The Kier molecular flexibility index (Phi) is 4.67. The van der Waals surface area contributed by atoms with Gasteiger partial charge in [-0.3, -0.25) is 9.69 Å². The molecule has 124 valence electrons. The molecule has 24 heavy (non-hydrogen) atoms. The van der Waals surface area contributed by atoms with Crippen molar-refractivity contribution in [2.75, 3.05) is 7.05 Å². The predicted molar refractivity (Wildman–Crippen MR) is 94.0 cm³/mol. The first kappa shape index (κ1) is 16.3. The Bertz CT molecular complexity index is 838. The van der Waals surface area contributed by atoms with E-state index >= 15 is 0 Å². The number of nitrogens with zero attached hydrogens (tertiary/aromatic N) is 1. The third kappa shape index (κ3) is 3.49. The Morgan fingerprint density at radius 1 is 1.17 bits per heavy atom. The zero-order valence-electron chi connectivity index (χ0n) is 13.9. The number of rotatable bonds is 6. The predicted octanol–water partition coefficient (Wildman–Crippen LogP) is 3.87. The smallest absolute Gasteiger partial charge is 0.321 e. The molecule has 0 saturated carbocycles. The van der Waals surface area contributed by atoms with Gasteiger partial charge in [0.1, 0.15) is 17.4 Å². The minimum Gasteiger partial charge on any atom is -0.480 e. The molecule has 1 aromatic heterocycles. The molecule has 0 aliphatic carbocycles. The maximum atomic E-state index is 11.7. The second-order valence-electron chi connectivity index (χ2n) is 6.15. The summed E-state index contributed by atoms with van der Waals surface area (Å²) in [6.45, 7) is 2.44. The molecule has 4 nitrogen and oxygen atoms in total. The summed E-state index contributed by atoms with van der Waals surface area (Å²) in [6.07, 6.45) is 0.472. The van der Waals surface area contributed by atoms with Crippen molar-refractivity contribution in [1.29, 1.82) is 0 Å². The number of aliphatic carboxylic acids is 1. The molecule has 0 radical (unpaired) electrons. The standard InChI is InChI=1S/C20H21NO3/c1-14-11-16-9-6-10-17(19(16)24-14)13-21(2)18(20(22)23)12-15-7-4-3-5-8-15/h3-11,18H,12-13H2,1-2H3,(H,22,23). The summed E-state index contributed by atoms with van der Waals surface area (Å²) < 4.78 is 5.78. The molecule has 0 saturated heterocycles. The average Bonchev–Trinajstić information content (AvgIpc) is 2.94. The molecule has 3 rings (SSSR count). The Hall–Kier alpha value is -2.59. The Morgan fingerprint density at radius 2 is 1.92 bits per heavy atom. The van der Waals surface area contributed by atoms with Gasteiger partial charge in [0, 0.05) is 17.5 Å². The molecule has 0 amide bonds. The van der Waals surface area contributed by atoms with Gasteiger partial charge < -0.3 is 9.52 Å². The van der Waals surface area contributed by atoms with Gasteiger partial charge >= 0.3 is 5.97 Å². The van der Waals surface area contributed by atoms with Gasteiger partial charge in [-0.25, -0.2) is 0 Å². The highest BCUT2D eigenvalue weighted by Crippen LogP contribution is 2.24. The number of benzene rings is 2. The number of hydrogen-bond acceptors (Lipinski definition) is 3. The molecule has 0 spiro atoms. The van der Waals surface area contributed by atoms with Crippen LogP contribution in [0.15, 0.2) is 59.0 Å². The lowest BCUT2D eigenvalue weighted by Crippen LogP contribution is -2.39. The Balaban J connectivity index is 1.82. The molecule has 1 heterocycles. The monoisotopic (exact) mass is 323 g/mol. The third-order valence-corrected chi connectivity index (χ3v) is 4.26. The number of aryl methyl sites for hydroxylation is 1. The number of hydrogen-bond donors (Lipinski definition) is 1. The summed E-state index contributed by atoms with van der Waals surface area (Å²) in [5.41, 5.74) is 2.86. The van der Waals surface area contributed by atoms with Crippen LogP contribution in [-0.4, -0.2) is 29.1 Å². The van der Waals surface area contributed by atoms with Crippen molar-refractivity contribution in [2.45, 2.75) is 25.9 Å². The van der Waals surface area contributed by atoms with E-state index in [4.69, 9.17) is 4.42 Å². The maximum absolute atomic E-state index is 11.7. The van der Waals surface area contributed by atoms with E-state index in [1.165, 1.54) is 0 Å². The highest BCUT2D eigenvalue weighted by molar-refractivity contribution is 5.81. The van der Waals surface area contributed by atoms with Crippen LogP contribution >= 0.6 is 0 Å². The minimum atomic E-state index is -0.816. The molecule has 4 heteroatoms. The normalized spacial score (nSPS) is 12.6. The number of carbonyl (C=O) groups is 1. The highest BCUT2D eigenvalue weighted by atomic mass is 16.4. The average molecular weight is 323 g/mol. The number of carboxylic acid groups (broad SMARTS) is 1. The summed E-state index contributed by atoms with van der Waals surface area (Å²) in [4.78, 5) is 13.6. The van der Waals surface area contributed by atoms with E-state index in [1.807, 2.05) is 73.5 Å². The van der Waals surface area contributed by atoms with Crippen LogP contribution in [0, 0.1) is 6.92 Å². The van der Waals surface area contributed by atoms with Crippen molar-refractivity contribution >= 4 is 16.9 Å². The molecular formula is C20H21NO3. The summed E-state index contributed by atoms with van der Waals surface area (Å²) in [5.74, 6) is 0.0447. The van der Waals surface area contributed by atoms with Gasteiger partial charge in [-0.1, -0.05) is 48.5 Å². The molecule has 2 aromatic carbocycles. The van der Waals surface area contributed by atoms with E-state index in [9.17, 15) is 9.90 Å². The van der Waals surface area contributed by atoms with Gasteiger partial charge in [-0.05, 0) is 32.0 Å². The molecule has 0 aliphatic heterocycles. The van der Waals surface area contributed by atoms with Crippen LogP contribution in [0.5, 0.6) is 0 Å². The molecule has 0 bridgehead atoms. The van der Waals surface area contributed by atoms with Crippen molar-refractivity contribution in [2.24, 2.45) is 0 Å². The largest absolute Gasteiger partial charge is 0.480 e. The van der Waals surface area contributed by atoms with E-state index < -0.39 is 12.0 Å².